The molecule has 0 unspecified atom stereocenters. The fraction of sp³-hybridized carbons (Fsp3) is 0.211. The predicted molar refractivity (Wildman–Crippen MR) is 107 cm³/mol. The Hall–Kier alpha value is -2.38. The number of benzene rings is 2. The first-order chi connectivity index (χ1) is 12.6. The Balaban J connectivity index is 1.38. The summed E-state index contributed by atoms with van der Waals surface area (Å²) in [6, 6.07) is 15.4. The SMILES string of the molecule is Cc1cccc(NC(=O)CSCC(=O)OCc2nc3ccccc3s2)c1. The van der Waals surface area contributed by atoms with Crippen molar-refractivity contribution in [3.8, 4) is 0 Å². The second kappa shape index (κ2) is 8.82. The van der Waals surface area contributed by atoms with Crippen molar-refractivity contribution in [2.75, 3.05) is 16.8 Å². The summed E-state index contributed by atoms with van der Waals surface area (Å²) in [4.78, 5) is 28.1. The zero-order valence-corrected chi connectivity index (χ0v) is 15.9. The van der Waals surface area contributed by atoms with Crippen LogP contribution in [0.25, 0.3) is 10.2 Å². The Labute approximate surface area is 159 Å². The highest BCUT2D eigenvalue weighted by molar-refractivity contribution is 8.00. The number of rotatable bonds is 7. The number of carbonyl (C=O) groups excluding carboxylic acids is 2. The Morgan fingerprint density at radius 1 is 1.15 bits per heavy atom. The molecule has 3 rings (SSSR count). The third-order valence-electron chi connectivity index (χ3n) is 3.45. The maximum Gasteiger partial charge on any atom is 0.316 e. The average Bonchev–Trinajstić information content (AvgIpc) is 3.03. The maximum absolute atomic E-state index is 11.9. The smallest absolute Gasteiger partial charge is 0.316 e. The van der Waals surface area contributed by atoms with E-state index in [1.165, 1.54) is 23.1 Å². The molecule has 0 aliphatic heterocycles. The predicted octanol–water partition coefficient (Wildman–Crippen LogP) is 4.02. The summed E-state index contributed by atoms with van der Waals surface area (Å²) in [5.74, 6) is -0.159. The van der Waals surface area contributed by atoms with Gasteiger partial charge >= 0.3 is 5.97 Å². The van der Waals surface area contributed by atoms with Crippen LogP contribution in [0.5, 0.6) is 0 Å². The fourth-order valence-corrected chi connectivity index (χ4v) is 3.80. The molecule has 26 heavy (non-hydrogen) atoms. The van der Waals surface area contributed by atoms with Crippen molar-refractivity contribution in [2.24, 2.45) is 0 Å². The Morgan fingerprint density at radius 3 is 2.81 bits per heavy atom. The molecule has 1 heterocycles. The summed E-state index contributed by atoms with van der Waals surface area (Å²) >= 11 is 2.74. The van der Waals surface area contributed by atoms with E-state index >= 15 is 0 Å². The van der Waals surface area contributed by atoms with Gasteiger partial charge in [-0.25, -0.2) is 4.98 Å². The number of nitrogens with one attached hydrogen (secondary N) is 1. The third-order valence-corrected chi connectivity index (χ3v) is 5.37. The van der Waals surface area contributed by atoms with Crippen molar-refractivity contribution in [2.45, 2.75) is 13.5 Å². The summed E-state index contributed by atoms with van der Waals surface area (Å²) in [5.41, 5.74) is 2.74. The van der Waals surface area contributed by atoms with Gasteiger partial charge in [0.15, 0.2) is 0 Å². The van der Waals surface area contributed by atoms with E-state index in [-0.39, 0.29) is 30.0 Å². The standard InChI is InChI=1S/C19H18N2O3S2/c1-13-5-4-6-14(9-13)20-17(22)11-25-12-19(23)24-10-18-21-15-7-2-3-8-16(15)26-18/h2-9H,10-12H2,1H3,(H,20,22). The van der Waals surface area contributed by atoms with Gasteiger partial charge in [0.2, 0.25) is 5.91 Å². The minimum absolute atomic E-state index is 0.131. The minimum Gasteiger partial charge on any atom is -0.458 e. The molecule has 0 atom stereocenters. The number of esters is 1. The molecule has 0 saturated carbocycles. The summed E-state index contributed by atoms with van der Waals surface area (Å²) in [6.45, 7) is 2.13. The van der Waals surface area contributed by atoms with Crippen molar-refractivity contribution in [3.05, 3.63) is 59.1 Å². The van der Waals surface area contributed by atoms with Crippen molar-refractivity contribution < 1.29 is 14.3 Å². The lowest BCUT2D eigenvalue weighted by Gasteiger charge is -2.06. The first kappa shape index (κ1) is 18.4. The van der Waals surface area contributed by atoms with Gasteiger partial charge in [0.25, 0.3) is 0 Å². The topological polar surface area (TPSA) is 68.3 Å². The molecule has 1 amide bonds. The monoisotopic (exact) mass is 386 g/mol. The van der Waals surface area contributed by atoms with Crippen molar-refractivity contribution in [3.63, 3.8) is 0 Å². The number of anilines is 1. The molecule has 3 aromatic rings. The number of aryl methyl sites for hydroxylation is 1. The van der Waals surface area contributed by atoms with Crippen molar-refractivity contribution in [1.82, 2.24) is 4.98 Å². The van der Waals surface area contributed by atoms with Crippen LogP contribution >= 0.6 is 23.1 Å². The van der Waals surface area contributed by atoms with Crippen LogP contribution in [-0.2, 0) is 20.9 Å². The molecule has 2 aromatic carbocycles. The van der Waals surface area contributed by atoms with Gasteiger partial charge < -0.3 is 10.1 Å². The number of carbonyl (C=O) groups is 2. The summed E-state index contributed by atoms with van der Waals surface area (Å²) in [5, 5.41) is 3.57. The van der Waals surface area contributed by atoms with E-state index in [0.717, 1.165) is 26.5 Å². The van der Waals surface area contributed by atoms with Crippen molar-refractivity contribution >= 4 is 50.9 Å². The van der Waals surface area contributed by atoms with Gasteiger partial charge in [0.1, 0.15) is 11.6 Å². The molecule has 0 aliphatic carbocycles. The van der Waals surface area contributed by atoms with Gasteiger partial charge in [-0.1, -0.05) is 24.3 Å². The second-order valence-corrected chi connectivity index (χ2v) is 7.75. The highest BCUT2D eigenvalue weighted by Gasteiger charge is 2.09. The Bertz CT molecular complexity index is 891. The molecule has 0 fully saturated rings. The van der Waals surface area contributed by atoms with E-state index < -0.39 is 0 Å². The normalized spacial score (nSPS) is 10.7. The zero-order chi connectivity index (χ0) is 18.4. The molecule has 7 heteroatoms. The van der Waals surface area contributed by atoms with Gasteiger partial charge in [0, 0.05) is 5.69 Å². The Morgan fingerprint density at radius 2 is 2.00 bits per heavy atom. The highest BCUT2D eigenvalue weighted by atomic mass is 32.2. The molecule has 0 saturated heterocycles. The summed E-state index contributed by atoms with van der Waals surface area (Å²) in [6.07, 6.45) is 0. The van der Waals surface area contributed by atoms with Crippen LogP contribution in [0.1, 0.15) is 10.6 Å². The number of thioether (sulfide) groups is 1. The number of hydrogen-bond donors (Lipinski definition) is 1. The third kappa shape index (κ3) is 5.31. The van der Waals surface area contributed by atoms with Crippen LogP contribution in [0.4, 0.5) is 5.69 Å². The molecule has 0 radical (unpaired) electrons. The van der Waals surface area contributed by atoms with Crippen LogP contribution in [0.2, 0.25) is 0 Å². The number of para-hydroxylation sites is 1. The van der Waals surface area contributed by atoms with Gasteiger partial charge in [-0.2, -0.15) is 0 Å². The first-order valence-corrected chi connectivity index (χ1v) is 10.0. The number of amides is 1. The number of thiazole rings is 1. The molecule has 5 nitrogen and oxygen atoms in total. The first-order valence-electron chi connectivity index (χ1n) is 8.04. The zero-order valence-electron chi connectivity index (χ0n) is 14.2. The van der Waals surface area contributed by atoms with Gasteiger partial charge in [0.05, 0.1) is 21.7 Å². The van der Waals surface area contributed by atoms with Gasteiger partial charge in [-0.15, -0.1) is 23.1 Å². The van der Waals surface area contributed by atoms with E-state index in [9.17, 15) is 9.59 Å². The number of ether oxygens (including phenoxy) is 1. The van der Waals surface area contributed by atoms with E-state index in [1.807, 2.05) is 55.5 Å². The number of hydrogen-bond acceptors (Lipinski definition) is 6. The highest BCUT2D eigenvalue weighted by Crippen LogP contribution is 2.22. The molecule has 0 bridgehead atoms. The van der Waals surface area contributed by atoms with Crippen LogP contribution in [0.3, 0.4) is 0 Å². The lowest BCUT2D eigenvalue weighted by atomic mass is 10.2. The Kier molecular flexibility index (Phi) is 6.25. The lowest BCUT2D eigenvalue weighted by Crippen LogP contribution is -2.16. The molecule has 1 N–H and O–H groups in total. The fourth-order valence-electron chi connectivity index (χ4n) is 2.31. The molecule has 0 spiro atoms. The van der Waals surface area contributed by atoms with E-state index in [4.69, 9.17) is 4.74 Å². The van der Waals surface area contributed by atoms with Crippen LogP contribution in [-0.4, -0.2) is 28.4 Å². The molecule has 1 aromatic heterocycles. The molecule has 134 valence electrons. The lowest BCUT2D eigenvalue weighted by molar-refractivity contribution is -0.141. The van der Waals surface area contributed by atoms with E-state index in [2.05, 4.69) is 10.3 Å². The second-order valence-electron chi connectivity index (χ2n) is 5.65. The van der Waals surface area contributed by atoms with Gasteiger partial charge in [-0.3, -0.25) is 9.59 Å². The summed E-state index contributed by atoms with van der Waals surface area (Å²) in [7, 11) is 0. The maximum atomic E-state index is 11.9. The number of fused-ring (bicyclic) bond motifs is 1. The van der Waals surface area contributed by atoms with E-state index in [0.29, 0.717) is 0 Å². The quantitative estimate of drug-likeness (QED) is 0.621. The van der Waals surface area contributed by atoms with Gasteiger partial charge in [-0.05, 0) is 36.8 Å². The molecular weight excluding hydrogens is 368 g/mol. The van der Waals surface area contributed by atoms with Crippen LogP contribution in [0, 0.1) is 6.92 Å². The van der Waals surface area contributed by atoms with Crippen LogP contribution < -0.4 is 5.32 Å². The minimum atomic E-state index is -0.349. The summed E-state index contributed by atoms with van der Waals surface area (Å²) < 4.78 is 6.30. The van der Waals surface area contributed by atoms with Crippen molar-refractivity contribution in [1.29, 1.82) is 0 Å². The molecule has 0 aliphatic rings. The average molecular weight is 386 g/mol. The largest absolute Gasteiger partial charge is 0.458 e. The van der Waals surface area contributed by atoms with E-state index in [1.54, 1.807) is 0 Å². The molecular formula is C19H18N2O3S2. The number of nitrogens with zero attached hydrogens (tertiary/aromatic N) is 1. The van der Waals surface area contributed by atoms with Crippen LogP contribution in [0.15, 0.2) is 48.5 Å². The number of aromatic nitrogens is 1.